The summed E-state index contributed by atoms with van der Waals surface area (Å²) in [6.45, 7) is 0.643. The van der Waals surface area contributed by atoms with E-state index >= 15 is 0 Å². The number of fused-ring (bicyclic) bond motifs is 2. The molecular weight excluding hydrogens is 606 g/mol. The number of rotatable bonds is 6. The zero-order valence-corrected chi connectivity index (χ0v) is 22.8. The summed E-state index contributed by atoms with van der Waals surface area (Å²) in [5, 5.41) is 10.6. The molecule has 13 nitrogen and oxygen atoms in total. The Hall–Kier alpha value is -4.73. The molecule has 2 amide bonds. The predicted octanol–water partition coefficient (Wildman–Crippen LogP) is 2.61. The van der Waals surface area contributed by atoms with Gasteiger partial charge in [0.1, 0.15) is 40.2 Å². The first-order chi connectivity index (χ1) is 19.7. The van der Waals surface area contributed by atoms with Crippen molar-refractivity contribution in [1.29, 1.82) is 0 Å². The smallest absolute Gasteiger partial charge is 0.248 e. The van der Waals surface area contributed by atoms with Crippen molar-refractivity contribution in [2.45, 2.75) is 32.1 Å². The summed E-state index contributed by atoms with van der Waals surface area (Å²) in [7, 11) is 0. The first kappa shape index (κ1) is 26.5. The maximum atomic E-state index is 14.4. The van der Waals surface area contributed by atoms with Gasteiger partial charge in [0, 0.05) is 31.8 Å². The molecule has 1 aliphatic rings. The van der Waals surface area contributed by atoms with E-state index in [9.17, 15) is 23.2 Å². The minimum Gasteiger partial charge on any atom is -0.326 e. The Labute approximate surface area is 237 Å². The number of anilines is 1. The summed E-state index contributed by atoms with van der Waals surface area (Å²) < 4.78 is 30.9. The zero-order chi connectivity index (χ0) is 28.8. The fourth-order valence-electron chi connectivity index (χ4n) is 4.64. The maximum Gasteiger partial charge on any atom is 0.248 e. The Bertz CT molecular complexity index is 1860. The van der Waals surface area contributed by atoms with Crippen LogP contribution in [0.3, 0.4) is 0 Å². The van der Waals surface area contributed by atoms with E-state index in [0.29, 0.717) is 15.8 Å². The predicted molar refractivity (Wildman–Crippen MR) is 143 cm³/mol. The van der Waals surface area contributed by atoms with Crippen LogP contribution in [0.1, 0.15) is 23.8 Å². The number of ketones is 1. The number of hydrogen-bond donors (Lipinski definition) is 1. The van der Waals surface area contributed by atoms with Gasteiger partial charge in [-0.1, -0.05) is 6.07 Å². The summed E-state index contributed by atoms with van der Waals surface area (Å²) in [5.41, 5.74) is 1.15. The number of hydrogen-bond acceptors (Lipinski definition) is 9. The summed E-state index contributed by atoms with van der Waals surface area (Å²) in [4.78, 5) is 56.9. The third-order valence-electron chi connectivity index (χ3n) is 6.49. The van der Waals surface area contributed by atoms with Crippen molar-refractivity contribution < 1.29 is 23.2 Å². The van der Waals surface area contributed by atoms with Crippen LogP contribution in [0, 0.1) is 5.95 Å². The molecule has 1 saturated heterocycles. The van der Waals surface area contributed by atoms with Crippen LogP contribution in [0.4, 0.5) is 14.6 Å². The lowest BCUT2D eigenvalue weighted by Crippen LogP contribution is -2.44. The number of Topliss-reactive ketones (excluding diaryl/α,β-unsaturated/α-hetero) is 1. The lowest BCUT2D eigenvalue weighted by molar-refractivity contribution is -0.137. The lowest BCUT2D eigenvalue weighted by atomic mass is 10.2. The van der Waals surface area contributed by atoms with E-state index < -0.39 is 42.3 Å². The molecule has 1 N–H and O–H groups in total. The van der Waals surface area contributed by atoms with Crippen LogP contribution in [0.15, 0.2) is 47.5 Å². The molecule has 16 heteroatoms. The molecule has 1 fully saturated rings. The highest BCUT2D eigenvalue weighted by Gasteiger charge is 2.40. The van der Waals surface area contributed by atoms with Gasteiger partial charge in [0.2, 0.25) is 17.8 Å². The van der Waals surface area contributed by atoms with Crippen LogP contribution >= 0.6 is 15.9 Å². The van der Waals surface area contributed by atoms with Gasteiger partial charge in [-0.3, -0.25) is 19.1 Å². The Kier molecular flexibility index (Phi) is 6.69. The van der Waals surface area contributed by atoms with Gasteiger partial charge in [-0.05, 0) is 28.1 Å². The highest BCUT2D eigenvalue weighted by atomic mass is 79.9. The van der Waals surface area contributed by atoms with Crippen LogP contribution in [-0.2, 0) is 16.1 Å². The zero-order valence-electron chi connectivity index (χ0n) is 21.2. The highest BCUT2D eigenvalue weighted by Crippen LogP contribution is 2.25. The Balaban J connectivity index is 1.28. The molecule has 0 spiro atoms. The molecule has 2 atom stereocenters. The Morgan fingerprint density at radius 2 is 1.98 bits per heavy atom. The Morgan fingerprint density at radius 1 is 1.15 bits per heavy atom. The molecule has 1 aliphatic heterocycles. The quantitative estimate of drug-likeness (QED) is 0.222. The minimum absolute atomic E-state index is 0.00423. The third kappa shape index (κ3) is 5.13. The molecule has 0 bridgehead atoms. The average molecular weight is 625 g/mol. The standard InChI is InChI=1S/C25H19BrF2N10O3/c1-12(39)22-23-16(8-30-24(33-23)13-7-29-20-6-18(28)34-38(20)9-13)37(35-22)11-21(40)36-10-14(27)5-15(36)25(41)32-19-4-2-3-17(26)31-19/h2-4,6-9,14-15H,5,10-11H2,1H3,(H,31,32,41)/t14-,15+/m1/s1. The molecule has 0 aliphatic carbocycles. The summed E-state index contributed by atoms with van der Waals surface area (Å²) >= 11 is 3.23. The van der Waals surface area contributed by atoms with Crippen molar-refractivity contribution in [2.75, 3.05) is 11.9 Å². The fourth-order valence-corrected chi connectivity index (χ4v) is 4.98. The van der Waals surface area contributed by atoms with Gasteiger partial charge >= 0.3 is 0 Å². The van der Waals surface area contributed by atoms with Gasteiger partial charge < -0.3 is 10.2 Å². The first-order valence-corrected chi connectivity index (χ1v) is 13.1. The molecule has 5 aromatic rings. The van der Waals surface area contributed by atoms with Crippen LogP contribution in [-0.4, -0.2) is 80.6 Å². The number of alkyl halides is 1. The number of carbonyl (C=O) groups is 3. The van der Waals surface area contributed by atoms with Gasteiger partial charge in [0.05, 0.1) is 18.3 Å². The van der Waals surface area contributed by atoms with E-state index in [2.05, 4.69) is 51.4 Å². The second-order valence-corrected chi connectivity index (χ2v) is 10.1. The second kappa shape index (κ2) is 10.3. The molecule has 0 saturated carbocycles. The summed E-state index contributed by atoms with van der Waals surface area (Å²) in [6, 6.07) is 5.04. The number of nitrogens with zero attached hydrogens (tertiary/aromatic N) is 9. The van der Waals surface area contributed by atoms with E-state index in [0.717, 1.165) is 4.90 Å². The normalized spacial score (nSPS) is 16.9. The average Bonchev–Trinajstić information content (AvgIpc) is 3.62. The fraction of sp³-hybridized carbons (Fsp3) is 0.240. The lowest BCUT2D eigenvalue weighted by Gasteiger charge is -2.23. The third-order valence-corrected chi connectivity index (χ3v) is 6.93. The van der Waals surface area contributed by atoms with Crippen LogP contribution < -0.4 is 5.32 Å². The topological polar surface area (TPSA) is 153 Å². The largest absolute Gasteiger partial charge is 0.326 e. The van der Waals surface area contributed by atoms with Gasteiger partial charge in [-0.2, -0.15) is 9.49 Å². The molecule has 6 rings (SSSR count). The van der Waals surface area contributed by atoms with Crippen LogP contribution in [0.5, 0.6) is 0 Å². The van der Waals surface area contributed by atoms with Crippen molar-refractivity contribution in [2.24, 2.45) is 0 Å². The van der Waals surface area contributed by atoms with Gasteiger partial charge in [-0.25, -0.2) is 28.8 Å². The molecule has 5 aromatic heterocycles. The molecule has 0 radical (unpaired) electrons. The van der Waals surface area contributed by atoms with Gasteiger partial charge in [-0.15, -0.1) is 5.10 Å². The highest BCUT2D eigenvalue weighted by molar-refractivity contribution is 9.10. The van der Waals surface area contributed by atoms with Gasteiger partial charge in [0.15, 0.2) is 22.9 Å². The number of carbonyl (C=O) groups excluding carboxylic acids is 3. The molecular formula is C25H19BrF2N10O3. The summed E-state index contributed by atoms with van der Waals surface area (Å²) in [6.07, 6.45) is 2.75. The van der Waals surface area contributed by atoms with Crippen LogP contribution in [0.25, 0.3) is 28.1 Å². The van der Waals surface area contributed by atoms with Crippen molar-refractivity contribution >= 4 is 56.0 Å². The second-order valence-electron chi connectivity index (χ2n) is 9.33. The van der Waals surface area contributed by atoms with Gasteiger partial charge in [0.25, 0.3) is 0 Å². The maximum absolute atomic E-state index is 14.4. The molecule has 0 unspecified atom stereocenters. The molecule has 208 valence electrons. The van der Waals surface area contributed by atoms with Crippen molar-refractivity contribution in [1.82, 2.24) is 44.2 Å². The Morgan fingerprint density at radius 3 is 2.76 bits per heavy atom. The monoisotopic (exact) mass is 624 g/mol. The SMILES string of the molecule is CC(=O)c1nn(CC(=O)N2C[C@H](F)C[C@H]2C(=O)Nc2cccc(Br)n2)c2cnc(-c3cnc4cc(F)nn4c3)nc12. The number of likely N-dealkylation sites (tertiary alicyclic amines) is 1. The number of aromatic nitrogens is 8. The molecule has 41 heavy (non-hydrogen) atoms. The molecule has 0 aromatic carbocycles. The van der Waals surface area contributed by atoms with E-state index in [4.69, 9.17) is 0 Å². The van der Waals surface area contributed by atoms with Crippen LogP contribution in [0.2, 0.25) is 0 Å². The number of pyridine rings is 1. The first-order valence-electron chi connectivity index (χ1n) is 12.3. The van der Waals surface area contributed by atoms with Crippen molar-refractivity contribution in [3.05, 3.63) is 59.1 Å². The van der Waals surface area contributed by atoms with Crippen molar-refractivity contribution in [3.8, 4) is 11.4 Å². The van der Waals surface area contributed by atoms with E-state index in [1.807, 2.05) is 0 Å². The van der Waals surface area contributed by atoms with E-state index in [-0.39, 0.29) is 41.3 Å². The number of nitrogens with one attached hydrogen (secondary N) is 1. The van der Waals surface area contributed by atoms with E-state index in [1.54, 1.807) is 18.2 Å². The molecule has 6 heterocycles. The van der Waals surface area contributed by atoms with Crippen molar-refractivity contribution in [3.63, 3.8) is 0 Å². The minimum atomic E-state index is -1.40. The van der Waals surface area contributed by atoms with E-state index in [1.165, 1.54) is 40.8 Å². The number of halogens is 3. The number of amides is 2. The summed E-state index contributed by atoms with van der Waals surface area (Å²) in [5.74, 6) is -1.83.